The Balaban J connectivity index is 2.10. The third-order valence-corrected chi connectivity index (χ3v) is 6.00. The quantitative estimate of drug-likeness (QED) is 0.737. The lowest BCUT2D eigenvalue weighted by Crippen LogP contribution is -2.56. The topological polar surface area (TPSA) is 29.1 Å². The highest BCUT2D eigenvalue weighted by molar-refractivity contribution is 5.77. The first-order chi connectivity index (χ1) is 9.83. The lowest BCUT2D eigenvalue weighted by molar-refractivity contribution is -0.128. The first-order valence-electron chi connectivity index (χ1n) is 8.77. The van der Waals surface area contributed by atoms with Crippen molar-refractivity contribution in [2.24, 2.45) is 17.3 Å². The molecule has 2 fully saturated rings. The number of allylic oxidation sites excluding steroid dienone is 2. The molecule has 2 heteroatoms. The predicted octanol–water partition coefficient (Wildman–Crippen LogP) is 4.84. The van der Waals surface area contributed by atoms with Crippen LogP contribution in [0.3, 0.4) is 0 Å². The third-order valence-electron chi connectivity index (χ3n) is 6.00. The lowest BCUT2D eigenvalue weighted by atomic mass is 9.59. The molecule has 0 unspecified atom stereocenters. The Bertz CT molecular complexity index is 423. The SMILES string of the molecule is C/C(CC(C)C)=C(/C)C[C@H]1CCC[C@H]2NC(=O)CC[C@]12C. The fraction of sp³-hybridized carbons (Fsp3) is 0.842. The molecule has 1 N–H and O–H groups in total. The van der Waals surface area contributed by atoms with Crippen molar-refractivity contribution in [2.45, 2.75) is 85.6 Å². The summed E-state index contributed by atoms with van der Waals surface area (Å²) in [5, 5.41) is 3.27. The Morgan fingerprint density at radius 1 is 1.29 bits per heavy atom. The number of rotatable bonds is 4. The first-order valence-corrected chi connectivity index (χ1v) is 8.77. The molecule has 0 radical (unpaired) electrons. The van der Waals surface area contributed by atoms with Gasteiger partial charge in [-0.1, -0.05) is 38.3 Å². The van der Waals surface area contributed by atoms with E-state index >= 15 is 0 Å². The normalized spacial score (nSPS) is 34.3. The zero-order valence-electron chi connectivity index (χ0n) is 14.6. The molecule has 3 atom stereocenters. The molecule has 1 amide bonds. The van der Waals surface area contributed by atoms with Crippen molar-refractivity contribution in [1.29, 1.82) is 0 Å². The molecule has 0 spiro atoms. The van der Waals surface area contributed by atoms with Gasteiger partial charge < -0.3 is 5.32 Å². The molecule has 21 heavy (non-hydrogen) atoms. The summed E-state index contributed by atoms with van der Waals surface area (Å²) >= 11 is 0. The van der Waals surface area contributed by atoms with Gasteiger partial charge >= 0.3 is 0 Å². The molecule has 1 saturated heterocycles. The average Bonchev–Trinajstić information content (AvgIpc) is 2.40. The van der Waals surface area contributed by atoms with Crippen LogP contribution in [0.4, 0.5) is 0 Å². The van der Waals surface area contributed by atoms with Crippen LogP contribution in [-0.4, -0.2) is 11.9 Å². The van der Waals surface area contributed by atoms with Gasteiger partial charge in [0.15, 0.2) is 0 Å². The second kappa shape index (κ2) is 6.54. The summed E-state index contributed by atoms with van der Waals surface area (Å²) in [6.45, 7) is 11.6. The second-order valence-corrected chi connectivity index (χ2v) is 8.12. The highest BCUT2D eigenvalue weighted by atomic mass is 16.1. The maximum Gasteiger partial charge on any atom is 0.220 e. The van der Waals surface area contributed by atoms with E-state index in [1.54, 1.807) is 11.1 Å². The number of piperidine rings is 1. The Morgan fingerprint density at radius 2 is 2.00 bits per heavy atom. The van der Waals surface area contributed by atoms with Gasteiger partial charge in [-0.15, -0.1) is 0 Å². The summed E-state index contributed by atoms with van der Waals surface area (Å²) in [6.07, 6.45) is 8.00. The van der Waals surface area contributed by atoms with Crippen molar-refractivity contribution >= 4 is 5.91 Å². The van der Waals surface area contributed by atoms with E-state index in [2.05, 4.69) is 39.9 Å². The van der Waals surface area contributed by atoms with Crippen LogP contribution < -0.4 is 5.32 Å². The molecule has 0 aromatic carbocycles. The van der Waals surface area contributed by atoms with Gasteiger partial charge in [0.25, 0.3) is 0 Å². The fourth-order valence-electron chi connectivity index (χ4n) is 4.44. The molecule has 0 aromatic rings. The Hall–Kier alpha value is -0.790. The summed E-state index contributed by atoms with van der Waals surface area (Å²) in [6, 6.07) is 0.413. The van der Waals surface area contributed by atoms with Gasteiger partial charge in [-0.2, -0.15) is 0 Å². The summed E-state index contributed by atoms with van der Waals surface area (Å²) in [4.78, 5) is 11.7. The predicted molar refractivity (Wildman–Crippen MR) is 89.1 cm³/mol. The standard InChI is InChI=1S/C19H33NO/c1-13(2)11-14(3)15(4)12-16-7-6-8-17-19(16,5)10-9-18(21)20-17/h13,16-17H,6-12H2,1-5H3,(H,20,21)/b15-14+/t16-,17-,19-/m1/s1. The van der Waals surface area contributed by atoms with Crippen molar-refractivity contribution in [3.8, 4) is 0 Å². The molecule has 2 nitrogen and oxygen atoms in total. The lowest BCUT2D eigenvalue weighted by Gasteiger charge is -2.50. The summed E-state index contributed by atoms with van der Waals surface area (Å²) in [5.74, 6) is 1.74. The molecule has 120 valence electrons. The third kappa shape index (κ3) is 3.70. The molecule has 1 saturated carbocycles. The van der Waals surface area contributed by atoms with Crippen LogP contribution in [0.5, 0.6) is 0 Å². The van der Waals surface area contributed by atoms with Crippen LogP contribution in [-0.2, 0) is 4.79 Å². The maximum absolute atomic E-state index is 11.7. The molecule has 2 aliphatic rings. The number of fused-ring (bicyclic) bond motifs is 1. The van der Waals surface area contributed by atoms with E-state index in [1.165, 1.54) is 32.1 Å². The van der Waals surface area contributed by atoms with E-state index in [4.69, 9.17) is 0 Å². The first kappa shape index (κ1) is 16.6. The minimum atomic E-state index is 0.265. The van der Waals surface area contributed by atoms with Crippen molar-refractivity contribution in [2.75, 3.05) is 0 Å². The highest BCUT2D eigenvalue weighted by Gasteiger charge is 2.46. The summed E-state index contributed by atoms with van der Waals surface area (Å²) in [5.41, 5.74) is 3.48. The van der Waals surface area contributed by atoms with Gasteiger partial charge in [0, 0.05) is 12.5 Å². The van der Waals surface area contributed by atoms with Crippen LogP contribution in [0.15, 0.2) is 11.1 Å². The maximum atomic E-state index is 11.7. The van der Waals surface area contributed by atoms with E-state index in [0.717, 1.165) is 24.7 Å². The Kier molecular flexibility index (Phi) is 5.16. The van der Waals surface area contributed by atoms with Crippen molar-refractivity contribution < 1.29 is 4.79 Å². The monoisotopic (exact) mass is 291 g/mol. The van der Waals surface area contributed by atoms with Crippen molar-refractivity contribution in [1.82, 2.24) is 5.32 Å². The van der Waals surface area contributed by atoms with Crippen LogP contribution in [0.25, 0.3) is 0 Å². The van der Waals surface area contributed by atoms with E-state index in [0.29, 0.717) is 11.5 Å². The van der Waals surface area contributed by atoms with Gasteiger partial charge in [0.05, 0.1) is 0 Å². The number of hydrogen-bond donors (Lipinski definition) is 1. The van der Waals surface area contributed by atoms with Crippen LogP contribution >= 0.6 is 0 Å². The number of carbonyl (C=O) groups excluding carboxylic acids is 1. The van der Waals surface area contributed by atoms with Crippen LogP contribution in [0, 0.1) is 17.3 Å². The zero-order valence-corrected chi connectivity index (χ0v) is 14.6. The van der Waals surface area contributed by atoms with E-state index in [9.17, 15) is 4.79 Å². The van der Waals surface area contributed by atoms with Crippen LogP contribution in [0.2, 0.25) is 0 Å². The molecule has 0 bridgehead atoms. The van der Waals surface area contributed by atoms with E-state index < -0.39 is 0 Å². The zero-order chi connectivity index (χ0) is 15.6. The summed E-state index contributed by atoms with van der Waals surface area (Å²) in [7, 11) is 0. The van der Waals surface area contributed by atoms with E-state index in [-0.39, 0.29) is 5.91 Å². The molecule has 1 aliphatic heterocycles. The number of hydrogen-bond acceptors (Lipinski definition) is 1. The van der Waals surface area contributed by atoms with E-state index in [1.807, 2.05) is 0 Å². The summed E-state index contributed by atoms with van der Waals surface area (Å²) < 4.78 is 0. The number of nitrogens with one attached hydrogen (secondary N) is 1. The van der Waals surface area contributed by atoms with Crippen molar-refractivity contribution in [3.63, 3.8) is 0 Å². The number of amides is 1. The highest BCUT2D eigenvalue weighted by Crippen LogP contribution is 2.49. The van der Waals surface area contributed by atoms with Crippen LogP contribution in [0.1, 0.15) is 79.6 Å². The minimum absolute atomic E-state index is 0.265. The average molecular weight is 291 g/mol. The van der Waals surface area contributed by atoms with Gasteiger partial charge in [0.1, 0.15) is 0 Å². The van der Waals surface area contributed by atoms with Gasteiger partial charge in [-0.3, -0.25) is 4.79 Å². The van der Waals surface area contributed by atoms with Gasteiger partial charge in [-0.25, -0.2) is 0 Å². The molecule has 1 aliphatic carbocycles. The molecule has 2 rings (SSSR count). The van der Waals surface area contributed by atoms with Crippen molar-refractivity contribution in [3.05, 3.63) is 11.1 Å². The molecular formula is C19H33NO. The Morgan fingerprint density at radius 3 is 2.67 bits per heavy atom. The number of carbonyl (C=O) groups is 1. The molecular weight excluding hydrogens is 258 g/mol. The van der Waals surface area contributed by atoms with Gasteiger partial charge in [-0.05, 0) is 63.2 Å². The minimum Gasteiger partial charge on any atom is -0.353 e. The molecule has 1 heterocycles. The largest absolute Gasteiger partial charge is 0.353 e. The Labute approximate surface area is 130 Å². The van der Waals surface area contributed by atoms with Gasteiger partial charge in [0.2, 0.25) is 5.91 Å². The fourth-order valence-corrected chi connectivity index (χ4v) is 4.44. The second-order valence-electron chi connectivity index (χ2n) is 8.12. The smallest absolute Gasteiger partial charge is 0.220 e. The molecule has 0 aromatic heterocycles.